The summed E-state index contributed by atoms with van der Waals surface area (Å²) in [7, 11) is 0. The van der Waals surface area contributed by atoms with Gasteiger partial charge in [0, 0.05) is 22.3 Å². The van der Waals surface area contributed by atoms with Gasteiger partial charge < -0.3 is 4.74 Å². The molecule has 27 heavy (non-hydrogen) atoms. The van der Waals surface area contributed by atoms with Crippen molar-refractivity contribution >= 4 is 28.5 Å². The summed E-state index contributed by atoms with van der Waals surface area (Å²) < 4.78 is 10.6. The highest BCUT2D eigenvalue weighted by molar-refractivity contribution is 14.1. The molecular formula is C24H35INO+. The van der Waals surface area contributed by atoms with Gasteiger partial charge in [-0.3, -0.25) is 0 Å². The summed E-state index contributed by atoms with van der Waals surface area (Å²) in [5.74, 6) is 3.61. The normalized spacial score (nSPS) is 26.4. The summed E-state index contributed by atoms with van der Waals surface area (Å²) in [6.07, 6.45) is 8.82. The van der Waals surface area contributed by atoms with Crippen LogP contribution in [-0.2, 0) is 4.74 Å². The lowest BCUT2D eigenvalue weighted by Crippen LogP contribution is -2.46. The van der Waals surface area contributed by atoms with E-state index in [0.717, 1.165) is 13.0 Å². The number of nitrogens with zero attached hydrogens (tertiary/aromatic N) is 1. The Kier molecular flexibility index (Phi) is 7.04. The van der Waals surface area contributed by atoms with Crippen molar-refractivity contribution in [3.05, 3.63) is 45.2 Å². The van der Waals surface area contributed by atoms with Crippen LogP contribution in [0.3, 0.4) is 0 Å². The topological polar surface area (TPSA) is 12.2 Å². The summed E-state index contributed by atoms with van der Waals surface area (Å²) in [5, 5.41) is 0. The molecule has 1 fully saturated rings. The maximum atomic E-state index is 6.62. The molecule has 1 aliphatic heterocycles. The third-order valence-corrected chi connectivity index (χ3v) is 7.06. The molecule has 1 heterocycles. The first-order valence-corrected chi connectivity index (χ1v) is 11.8. The van der Waals surface area contributed by atoms with Gasteiger partial charge in [0.2, 0.25) is 5.54 Å². The fourth-order valence-electron chi connectivity index (χ4n) is 4.94. The Morgan fingerprint density at radius 3 is 2.52 bits per heavy atom. The molecule has 3 heteroatoms. The summed E-state index contributed by atoms with van der Waals surface area (Å²) in [5.41, 5.74) is 1.43. The number of ether oxygens (including phenoxy) is 1. The molecule has 1 aromatic rings. The van der Waals surface area contributed by atoms with Gasteiger partial charge in [-0.2, -0.15) is 4.58 Å². The fourth-order valence-corrected chi connectivity index (χ4v) is 5.59. The summed E-state index contributed by atoms with van der Waals surface area (Å²) in [6.45, 7) is 10.3. The average Bonchev–Trinajstić information content (AvgIpc) is 3.29. The molecule has 148 valence electrons. The van der Waals surface area contributed by atoms with Gasteiger partial charge in [-0.15, -0.1) is 0 Å². The van der Waals surface area contributed by atoms with E-state index in [1.165, 1.54) is 59.3 Å². The monoisotopic (exact) mass is 480 g/mol. The van der Waals surface area contributed by atoms with Crippen molar-refractivity contribution in [2.45, 2.75) is 84.1 Å². The SMILES string of the molecule is CCCCC1=[N+](CC(C)c2ccccc2)C(C)(C2CCCC2)/C(=C(/C)I)O1. The number of benzene rings is 1. The molecule has 0 aromatic heterocycles. The van der Waals surface area contributed by atoms with Crippen LogP contribution in [0.25, 0.3) is 0 Å². The summed E-state index contributed by atoms with van der Waals surface area (Å²) >= 11 is 2.47. The Morgan fingerprint density at radius 1 is 1.26 bits per heavy atom. The standard InChI is InChI=1S/C24H35INO/c1-5-6-16-22-26(17-18(2)20-12-8-7-9-13-20)24(4,21-14-10-11-15-21)23(27-22)19(3)25/h7-9,12-13,18,21H,5-6,10-11,14-17H2,1-4H3/q+1/b23-19+. The molecule has 1 aliphatic carbocycles. The maximum absolute atomic E-state index is 6.62. The molecule has 0 amide bonds. The van der Waals surface area contributed by atoms with E-state index in [2.05, 4.69) is 85.2 Å². The highest BCUT2D eigenvalue weighted by atomic mass is 127. The lowest BCUT2D eigenvalue weighted by Gasteiger charge is -2.29. The van der Waals surface area contributed by atoms with E-state index in [1.54, 1.807) is 0 Å². The predicted molar refractivity (Wildman–Crippen MR) is 123 cm³/mol. The van der Waals surface area contributed by atoms with E-state index in [0.29, 0.717) is 11.8 Å². The second-order valence-electron chi connectivity index (χ2n) is 8.51. The molecule has 2 unspecified atom stereocenters. The van der Waals surface area contributed by atoms with Crippen LogP contribution in [0.5, 0.6) is 0 Å². The number of hydrogen-bond donors (Lipinski definition) is 0. The van der Waals surface area contributed by atoms with Gasteiger partial charge in [-0.1, -0.05) is 63.4 Å². The second-order valence-corrected chi connectivity index (χ2v) is 10.1. The minimum atomic E-state index is 0.00783. The molecule has 0 saturated heterocycles. The Bertz CT molecular complexity index is 698. The Hall–Kier alpha value is -0.840. The van der Waals surface area contributed by atoms with Gasteiger partial charge in [0.05, 0.1) is 6.42 Å². The number of rotatable bonds is 7. The Morgan fingerprint density at radius 2 is 1.93 bits per heavy atom. The van der Waals surface area contributed by atoms with Crippen LogP contribution in [-0.4, -0.2) is 22.6 Å². The van der Waals surface area contributed by atoms with Crippen molar-refractivity contribution in [3.63, 3.8) is 0 Å². The van der Waals surface area contributed by atoms with E-state index >= 15 is 0 Å². The number of unbranched alkanes of at least 4 members (excludes halogenated alkanes) is 1. The number of allylic oxidation sites excluding steroid dienone is 1. The van der Waals surface area contributed by atoms with Crippen molar-refractivity contribution in [1.82, 2.24) is 0 Å². The van der Waals surface area contributed by atoms with Gasteiger partial charge >= 0.3 is 5.90 Å². The summed E-state index contributed by atoms with van der Waals surface area (Å²) in [6, 6.07) is 11.0. The van der Waals surface area contributed by atoms with Gasteiger partial charge in [-0.05, 0) is 54.3 Å². The fraction of sp³-hybridized carbons (Fsp3) is 0.625. The van der Waals surface area contributed by atoms with Gasteiger partial charge in [-0.25, -0.2) is 0 Å². The van der Waals surface area contributed by atoms with E-state index in [9.17, 15) is 0 Å². The molecule has 2 aliphatic rings. The van der Waals surface area contributed by atoms with E-state index in [-0.39, 0.29) is 5.54 Å². The van der Waals surface area contributed by atoms with Crippen molar-refractivity contribution in [3.8, 4) is 0 Å². The minimum absolute atomic E-state index is 0.00783. The van der Waals surface area contributed by atoms with Crippen LogP contribution in [0.4, 0.5) is 0 Å². The largest absolute Gasteiger partial charge is 0.405 e. The third-order valence-electron chi connectivity index (χ3n) is 6.57. The van der Waals surface area contributed by atoms with Crippen molar-refractivity contribution in [1.29, 1.82) is 0 Å². The van der Waals surface area contributed by atoms with E-state index < -0.39 is 0 Å². The lowest BCUT2D eigenvalue weighted by atomic mass is 9.81. The molecule has 2 atom stereocenters. The van der Waals surface area contributed by atoms with E-state index in [1.807, 2.05) is 0 Å². The molecule has 3 rings (SSSR count). The smallest absolute Gasteiger partial charge is 0.342 e. The molecule has 1 saturated carbocycles. The van der Waals surface area contributed by atoms with Crippen LogP contribution in [0, 0.1) is 5.92 Å². The molecular weight excluding hydrogens is 445 g/mol. The van der Waals surface area contributed by atoms with Crippen LogP contribution < -0.4 is 0 Å². The maximum Gasteiger partial charge on any atom is 0.342 e. The molecule has 0 bridgehead atoms. The Balaban J connectivity index is 2.00. The van der Waals surface area contributed by atoms with Crippen molar-refractivity contribution < 1.29 is 9.31 Å². The van der Waals surface area contributed by atoms with Crippen LogP contribution in [0.15, 0.2) is 39.7 Å². The number of hydrogen-bond acceptors (Lipinski definition) is 1. The van der Waals surface area contributed by atoms with Crippen molar-refractivity contribution in [2.24, 2.45) is 5.92 Å². The van der Waals surface area contributed by atoms with Gasteiger partial charge in [0.1, 0.15) is 0 Å². The van der Waals surface area contributed by atoms with Crippen LogP contribution in [0.1, 0.15) is 84.1 Å². The molecule has 2 nitrogen and oxygen atoms in total. The molecule has 1 aromatic carbocycles. The van der Waals surface area contributed by atoms with E-state index in [4.69, 9.17) is 4.74 Å². The second kappa shape index (κ2) is 9.11. The zero-order valence-electron chi connectivity index (χ0n) is 17.4. The van der Waals surface area contributed by atoms with Crippen LogP contribution in [0.2, 0.25) is 0 Å². The highest BCUT2D eigenvalue weighted by Crippen LogP contribution is 2.46. The zero-order chi connectivity index (χ0) is 19.4. The average molecular weight is 480 g/mol. The third kappa shape index (κ3) is 4.28. The van der Waals surface area contributed by atoms with Gasteiger partial charge in [0.15, 0.2) is 12.3 Å². The first-order chi connectivity index (χ1) is 13.0. The number of halogens is 1. The predicted octanol–water partition coefficient (Wildman–Crippen LogP) is 7.04. The molecule has 0 N–H and O–H groups in total. The highest BCUT2D eigenvalue weighted by Gasteiger charge is 2.57. The first-order valence-electron chi connectivity index (χ1n) is 10.7. The molecule has 0 spiro atoms. The lowest BCUT2D eigenvalue weighted by molar-refractivity contribution is -0.601. The first kappa shape index (κ1) is 20.9. The minimum Gasteiger partial charge on any atom is -0.405 e. The summed E-state index contributed by atoms with van der Waals surface area (Å²) in [4.78, 5) is 0. The molecule has 0 radical (unpaired) electrons. The van der Waals surface area contributed by atoms with Crippen LogP contribution >= 0.6 is 22.6 Å². The zero-order valence-corrected chi connectivity index (χ0v) is 19.6. The van der Waals surface area contributed by atoms with Crippen molar-refractivity contribution in [2.75, 3.05) is 6.54 Å². The van der Waals surface area contributed by atoms with Gasteiger partial charge in [0.25, 0.3) is 0 Å². The Labute approximate surface area is 179 Å². The quantitative estimate of drug-likeness (QED) is 0.301.